The zero-order chi connectivity index (χ0) is 15.7. The summed E-state index contributed by atoms with van der Waals surface area (Å²) in [5, 5.41) is 1.67. The molecule has 0 fully saturated rings. The van der Waals surface area contributed by atoms with Crippen LogP contribution in [0.3, 0.4) is 0 Å². The van der Waals surface area contributed by atoms with Gasteiger partial charge in [0.15, 0.2) is 0 Å². The minimum Gasteiger partial charge on any atom is -1.00 e. The third-order valence-electron chi connectivity index (χ3n) is 4.18. The van der Waals surface area contributed by atoms with Crippen molar-refractivity contribution in [2.75, 3.05) is 6.61 Å². The van der Waals surface area contributed by atoms with Crippen LogP contribution in [-0.2, 0) is 29.1 Å². The Hall–Kier alpha value is 0.817. The van der Waals surface area contributed by atoms with Gasteiger partial charge in [-0.15, -0.1) is 0 Å². The molecule has 0 bridgehead atoms. The summed E-state index contributed by atoms with van der Waals surface area (Å²) in [6, 6.07) is 1.24. The fourth-order valence-corrected chi connectivity index (χ4v) is 7.22. The van der Waals surface area contributed by atoms with Crippen LogP contribution in [-0.4, -0.2) is 23.0 Å². The van der Waals surface area contributed by atoms with Crippen molar-refractivity contribution in [1.82, 2.24) is 0 Å². The van der Waals surface area contributed by atoms with E-state index in [1.807, 2.05) is 0 Å². The Morgan fingerprint density at radius 1 is 1.00 bits per heavy atom. The second kappa shape index (κ2) is 9.50. The normalized spacial score (nSPS) is 17.7. The Morgan fingerprint density at radius 3 is 2.13 bits per heavy atom. The van der Waals surface area contributed by atoms with Gasteiger partial charge in [0, 0.05) is 0 Å². The summed E-state index contributed by atoms with van der Waals surface area (Å²) in [6.45, 7) is 12.8. The van der Waals surface area contributed by atoms with Crippen molar-refractivity contribution in [3.8, 4) is 0 Å². The van der Waals surface area contributed by atoms with Crippen LogP contribution in [0.1, 0.15) is 12.8 Å². The summed E-state index contributed by atoms with van der Waals surface area (Å²) in [7, 11) is -2.78. The SMILES string of the molecule is C[Si](C)(C)OCC[Si](C)(C)C1=C(C2=[C]([Zr+2])CC=C2)CC=C1.[Cl-].[Cl-]. The van der Waals surface area contributed by atoms with Crippen LogP contribution < -0.4 is 24.8 Å². The van der Waals surface area contributed by atoms with Crippen LogP contribution in [0, 0.1) is 0 Å². The number of hydrogen-bond donors (Lipinski definition) is 0. The molecule has 0 atom stereocenters. The molecule has 0 saturated heterocycles. The van der Waals surface area contributed by atoms with Gasteiger partial charge in [0.25, 0.3) is 0 Å². The monoisotopic (exact) mass is 463 g/mol. The molecule has 0 heterocycles. The molecule has 0 aromatic heterocycles. The van der Waals surface area contributed by atoms with Crippen LogP contribution in [0.4, 0.5) is 0 Å². The van der Waals surface area contributed by atoms with E-state index in [1.54, 1.807) is 44.3 Å². The van der Waals surface area contributed by atoms with Gasteiger partial charge in [-0.2, -0.15) is 0 Å². The van der Waals surface area contributed by atoms with E-state index in [-0.39, 0.29) is 24.8 Å². The van der Waals surface area contributed by atoms with Gasteiger partial charge in [-0.3, -0.25) is 0 Å². The van der Waals surface area contributed by atoms with E-state index in [1.165, 1.54) is 12.5 Å². The zero-order valence-electron chi connectivity index (χ0n) is 14.8. The molecule has 0 amide bonds. The van der Waals surface area contributed by atoms with Gasteiger partial charge in [-0.05, 0) is 0 Å². The summed E-state index contributed by atoms with van der Waals surface area (Å²) in [5.41, 5.74) is 3.18. The first kappa shape index (κ1) is 23.8. The summed E-state index contributed by atoms with van der Waals surface area (Å²) < 4.78 is 7.74. The first-order valence-corrected chi connectivity index (χ1v) is 15.7. The number of rotatable bonds is 6. The Kier molecular flexibility index (Phi) is 9.83. The summed E-state index contributed by atoms with van der Waals surface area (Å²) >= 11 is 1.58. The van der Waals surface area contributed by atoms with Crippen molar-refractivity contribution in [3.63, 3.8) is 0 Å². The van der Waals surface area contributed by atoms with Crippen molar-refractivity contribution in [1.29, 1.82) is 0 Å². The molecule has 2 aliphatic carbocycles. The maximum absolute atomic E-state index is 6.11. The molecule has 23 heavy (non-hydrogen) atoms. The molecule has 1 nitrogen and oxygen atoms in total. The van der Waals surface area contributed by atoms with E-state index in [0.29, 0.717) is 0 Å². The Balaban J connectivity index is 0.00000242. The van der Waals surface area contributed by atoms with Gasteiger partial charge in [0.05, 0.1) is 0 Å². The van der Waals surface area contributed by atoms with Crippen molar-refractivity contribution < 1.29 is 54.0 Å². The van der Waals surface area contributed by atoms with Crippen LogP contribution in [0.5, 0.6) is 0 Å². The molecule has 0 aliphatic heterocycles. The Morgan fingerprint density at radius 2 is 1.61 bits per heavy atom. The van der Waals surface area contributed by atoms with Crippen molar-refractivity contribution in [2.24, 2.45) is 0 Å². The van der Waals surface area contributed by atoms with Crippen LogP contribution in [0.15, 0.2) is 43.9 Å². The number of hydrogen-bond acceptors (Lipinski definition) is 1. The molecule has 2 aliphatic rings. The quantitative estimate of drug-likeness (QED) is 0.463. The number of halogens is 2. The Labute approximate surface area is 171 Å². The minimum absolute atomic E-state index is 0. The van der Waals surface area contributed by atoms with Crippen molar-refractivity contribution >= 4 is 16.4 Å². The standard InChI is InChI=1S/C17H27OSi2.2ClH.Zr/c1-19(2,3)18-13-14-20(4,5)17-12-8-11-16(17)15-9-6-7-10-15;;;/h6,8-9,12H,7,11,13-14H2,1-5H3;2*1H;/q;;;+2/p-2. The molecule has 0 N–H and O–H groups in total. The minimum atomic E-state index is -1.40. The van der Waals surface area contributed by atoms with E-state index in [9.17, 15) is 0 Å². The van der Waals surface area contributed by atoms with Gasteiger partial charge < -0.3 is 24.8 Å². The molecular formula is C17H27Cl2OSi2Zr. The van der Waals surface area contributed by atoms with Gasteiger partial charge >= 0.3 is 148 Å². The second-order valence-electron chi connectivity index (χ2n) is 7.59. The van der Waals surface area contributed by atoms with Crippen LogP contribution >= 0.6 is 0 Å². The second-order valence-corrected chi connectivity index (χ2v) is 18.4. The third kappa shape index (κ3) is 6.56. The molecule has 127 valence electrons. The molecular weight excluding hydrogens is 438 g/mol. The van der Waals surface area contributed by atoms with Gasteiger partial charge in [0.1, 0.15) is 0 Å². The fourth-order valence-electron chi connectivity index (χ4n) is 2.93. The average molecular weight is 466 g/mol. The molecule has 0 aromatic rings. The predicted octanol–water partition coefficient (Wildman–Crippen LogP) is -0.889. The van der Waals surface area contributed by atoms with E-state index < -0.39 is 16.4 Å². The molecule has 0 unspecified atom stereocenters. The van der Waals surface area contributed by atoms with E-state index in [0.717, 1.165) is 13.0 Å². The van der Waals surface area contributed by atoms with Crippen molar-refractivity contribution in [3.05, 3.63) is 43.9 Å². The molecule has 2 rings (SSSR count). The van der Waals surface area contributed by atoms with Crippen LogP contribution in [0.25, 0.3) is 0 Å². The number of allylic oxidation sites excluding steroid dienone is 8. The van der Waals surface area contributed by atoms with E-state index in [4.69, 9.17) is 4.43 Å². The van der Waals surface area contributed by atoms with Gasteiger partial charge in [-0.25, -0.2) is 0 Å². The van der Waals surface area contributed by atoms with Gasteiger partial charge in [0.2, 0.25) is 0 Å². The Bertz CT molecular complexity index is 543. The maximum Gasteiger partial charge on any atom is -1.00 e. The first-order valence-electron chi connectivity index (χ1n) is 7.86. The zero-order valence-corrected chi connectivity index (χ0v) is 20.8. The van der Waals surface area contributed by atoms with Crippen molar-refractivity contribution in [2.45, 2.75) is 51.6 Å². The summed E-state index contributed by atoms with van der Waals surface area (Å²) in [4.78, 5) is 0. The maximum atomic E-state index is 6.11. The molecule has 0 saturated carbocycles. The summed E-state index contributed by atoms with van der Waals surface area (Å²) in [6.07, 6.45) is 11.8. The topological polar surface area (TPSA) is 9.23 Å². The predicted molar refractivity (Wildman–Crippen MR) is 93.2 cm³/mol. The largest absolute Gasteiger partial charge is 1.00 e. The van der Waals surface area contributed by atoms with E-state index >= 15 is 0 Å². The van der Waals surface area contributed by atoms with Gasteiger partial charge in [-0.1, -0.05) is 0 Å². The molecule has 0 spiro atoms. The average Bonchev–Trinajstić information content (AvgIpc) is 2.94. The summed E-state index contributed by atoms with van der Waals surface area (Å²) in [5.74, 6) is 0. The molecule has 6 heteroatoms. The smallest absolute Gasteiger partial charge is 1.00 e. The van der Waals surface area contributed by atoms with E-state index in [2.05, 4.69) is 57.0 Å². The first-order chi connectivity index (χ1) is 9.71. The third-order valence-corrected chi connectivity index (χ3v) is 9.79. The van der Waals surface area contributed by atoms with Crippen LogP contribution in [0.2, 0.25) is 38.8 Å². The molecule has 0 aromatic carbocycles. The fraction of sp³-hybridized carbons (Fsp3) is 0.529. The molecule has 0 radical (unpaired) electrons.